The summed E-state index contributed by atoms with van der Waals surface area (Å²) in [5.41, 5.74) is 13.7. The molecule has 0 aliphatic heterocycles. The van der Waals surface area contributed by atoms with Gasteiger partial charge in [0.05, 0.1) is 22.7 Å². The van der Waals surface area contributed by atoms with Crippen molar-refractivity contribution < 1.29 is 4.79 Å². The zero-order valence-electron chi connectivity index (χ0n) is 21.5. The number of benzene rings is 3. The fraction of sp³-hybridized carbons (Fsp3) is 0.200. The van der Waals surface area contributed by atoms with Crippen molar-refractivity contribution in [1.29, 1.82) is 0 Å². The predicted octanol–water partition coefficient (Wildman–Crippen LogP) is 7.52. The van der Waals surface area contributed by atoms with Crippen molar-refractivity contribution in [2.45, 2.75) is 27.2 Å². The van der Waals surface area contributed by atoms with Crippen LogP contribution in [0.5, 0.6) is 0 Å². The van der Waals surface area contributed by atoms with Gasteiger partial charge in [-0.25, -0.2) is 0 Å². The molecule has 0 aliphatic rings. The highest BCUT2D eigenvalue weighted by molar-refractivity contribution is 5.97. The molecule has 0 unspecified atom stereocenters. The molecule has 4 rings (SSSR count). The van der Waals surface area contributed by atoms with Crippen molar-refractivity contribution >= 4 is 34.2 Å². The van der Waals surface area contributed by atoms with Crippen LogP contribution in [0.3, 0.4) is 0 Å². The number of rotatable bonds is 11. The Morgan fingerprint density at radius 2 is 1.46 bits per heavy atom. The van der Waals surface area contributed by atoms with Gasteiger partial charge in [0, 0.05) is 43.2 Å². The van der Waals surface area contributed by atoms with Gasteiger partial charge in [0.2, 0.25) is 0 Å². The lowest BCUT2D eigenvalue weighted by atomic mass is 10.0. The van der Waals surface area contributed by atoms with E-state index in [0.717, 1.165) is 41.3 Å². The van der Waals surface area contributed by atoms with Crippen molar-refractivity contribution in [2.24, 2.45) is 10.2 Å². The second kappa shape index (κ2) is 12.4. The minimum Gasteiger partial charge on any atom is -0.372 e. The smallest absolute Gasteiger partial charge is 0.167 e. The van der Waals surface area contributed by atoms with Crippen LogP contribution >= 0.6 is 0 Å². The second-order valence-corrected chi connectivity index (χ2v) is 8.67. The molecule has 0 saturated carbocycles. The van der Waals surface area contributed by atoms with E-state index in [9.17, 15) is 4.79 Å². The van der Waals surface area contributed by atoms with Gasteiger partial charge in [-0.1, -0.05) is 0 Å². The number of nitrogens with zero attached hydrogens (tertiary/aromatic N) is 4. The number of azo groups is 1. The minimum absolute atomic E-state index is 0.0575. The van der Waals surface area contributed by atoms with Gasteiger partial charge < -0.3 is 15.8 Å². The highest BCUT2D eigenvalue weighted by Crippen LogP contribution is 2.26. The molecule has 1 heterocycles. The number of Topliss-reactive ketones (excluding diaryl/α,β-unsaturated/α-hetero) is 1. The van der Waals surface area contributed by atoms with Gasteiger partial charge in [0.15, 0.2) is 5.78 Å². The van der Waals surface area contributed by atoms with Gasteiger partial charge >= 0.3 is 0 Å². The number of carbonyl (C=O) groups excluding carboxylic acids is 1. The first kappa shape index (κ1) is 25.6. The fourth-order valence-electron chi connectivity index (χ4n) is 3.95. The molecule has 3 aromatic carbocycles. The predicted molar refractivity (Wildman–Crippen MR) is 151 cm³/mol. The number of ketones is 1. The fourth-order valence-corrected chi connectivity index (χ4v) is 3.95. The molecule has 0 saturated heterocycles. The monoisotopic (exact) mass is 492 g/mol. The summed E-state index contributed by atoms with van der Waals surface area (Å²) in [5.74, 6) is 0.0575. The number of carbonyl (C=O) groups is 1. The Morgan fingerprint density at radius 3 is 2.11 bits per heavy atom. The maximum Gasteiger partial charge on any atom is 0.167 e. The topological polar surface area (TPSA) is 82.0 Å². The van der Waals surface area contributed by atoms with Crippen LogP contribution in [0.4, 0.5) is 28.4 Å². The maximum atomic E-state index is 12.5. The third-order valence-electron chi connectivity index (χ3n) is 6.12. The molecular formula is C30H32N6O. The summed E-state index contributed by atoms with van der Waals surface area (Å²) in [7, 11) is 0. The first-order valence-electron chi connectivity index (χ1n) is 12.5. The van der Waals surface area contributed by atoms with Gasteiger partial charge in [-0.15, -0.1) is 0 Å². The summed E-state index contributed by atoms with van der Waals surface area (Å²) in [6, 6.07) is 25.2. The molecule has 4 aromatic rings. The number of anilines is 3. The average Bonchev–Trinajstić information content (AvgIpc) is 2.93. The van der Waals surface area contributed by atoms with Crippen molar-refractivity contribution in [2.75, 3.05) is 28.8 Å². The van der Waals surface area contributed by atoms with Gasteiger partial charge in [0.1, 0.15) is 0 Å². The lowest BCUT2D eigenvalue weighted by Crippen LogP contribution is -2.21. The molecular weight excluding hydrogens is 460 g/mol. The van der Waals surface area contributed by atoms with Crippen LogP contribution in [0.2, 0.25) is 0 Å². The minimum atomic E-state index is 0.0575. The van der Waals surface area contributed by atoms with Crippen LogP contribution in [-0.2, 0) is 6.42 Å². The van der Waals surface area contributed by atoms with Crippen LogP contribution in [0, 0.1) is 6.92 Å². The van der Waals surface area contributed by atoms with E-state index in [4.69, 9.17) is 0 Å². The number of aromatic nitrogens is 1. The zero-order valence-corrected chi connectivity index (χ0v) is 21.5. The molecule has 0 fully saturated rings. The normalized spacial score (nSPS) is 10.9. The number of nitrogens with one attached hydrogen (secondary N) is 2. The molecule has 2 N–H and O–H groups in total. The summed E-state index contributed by atoms with van der Waals surface area (Å²) in [6.45, 7) is 8.30. The van der Waals surface area contributed by atoms with Crippen LogP contribution in [0.15, 0.2) is 101 Å². The molecule has 0 bridgehead atoms. The van der Waals surface area contributed by atoms with E-state index in [2.05, 4.69) is 69.1 Å². The zero-order chi connectivity index (χ0) is 26.0. The van der Waals surface area contributed by atoms with E-state index in [1.807, 2.05) is 49.4 Å². The van der Waals surface area contributed by atoms with Crippen LogP contribution in [0.1, 0.15) is 35.3 Å². The lowest BCUT2D eigenvalue weighted by molar-refractivity contribution is 0.0993. The third-order valence-corrected chi connectivity index (χ3v) is 6.12. The van der Waals surface area contributed by atoms with E-state index in [0.29, 0.717) is 17.7 Å². The van der Waals surface area contributed by atoms with Crippen LogP contribution in [-0.4, -0.2) is 23.9 Å². The van der Waals surface area contributed by atoms with E-state index >= 15 is 0 Å². The number of hydrogen-bond acceptors (Lipinski definition) is 7. The number of hydrazine groups is 1. The van der Waals surface area contributed by atoms with Gasteiger partial charge in [-0.2, -0.15) is 10.2 Å². The Bertz CT molecular complexity index is 1330. The van der Waals surface area contributed by atoms with Crippen molar-refractivity contribution in [1.82, 2.24) is 4.98 Å². The van der Waals surface area contributed by atoms with Crippen molar-refractivity contribution in [3.8, 4) is 0 Å². The summed E-state index contributed by atoms with van der Waals surface area (Å²) in [6.07, 6.45) is 3.73. The third kappa shape index (κ3) is 7.01. The lowest BCUT2D eigenvalue weighted by Gasteiger charge is -2.21. The molecule has 0 radical (unpaired) electrons. The Morgan fingerprint density at radius 1 is 0.811 bits per heavy atom. The van der Waals surface area contributed by atoms with Crippen LogP contribution in [0.25, 0.3) is 0 Å². The SMILES string of the molecule is CCN(CC)c1ccc(NNc2ccc(N=Nc3ccc(C(=O)Cc4ccncc4)cc3)c(C)c2)cc1. The Labute approximate surface area is 218 Å². The maximum absolute atomic E-state index is 12.5. The summed E-state index contributed by atoms with van der Waals surface area (Å²) in [4.78, 5) is 18.8. The first-order valence-corrected chi connectivity index (χ1v) is 12.5. The highest BCUT2D eigenvalue weighted by atomic mass is 16.1. The van der Waals surface area contributed by atoms with Gasteiger partial charge in [0.25, 0.3) is 0 Å². The molecule has 7 nitrogen and oxygen atoms in total. The number of aryl methyl sites for hydroxylation is 1. The van der Waals surface area contributed by atoms with E-state index < -0.39 is 0 Å². The molecule has 0 spiro atoms. The summed E-state index contributed by atoms with van der Waals surface area (Å²) >= 11 is 0. The summed E-state index contributed by atoms with van der Waals surface area (Å²) < 4.78 is 0. The average molecular weight is 493 g/mol. The standard InChI is InChI=1S/C30H32N6O/c1-4-36(5-2)28-13-10-26(11-14-28)32-34-27-12-15-29(22(3)20-27)35-33-25-8-6-24(7-9-25)30(37)21-23-16-18-31-19-17-23/h6-20,32,34H,4-5,21H2,1-3H3. The number of hydrogen-bond donors (Lipinski definition) is 2. The molecule has 1 aromatic heterocycles. The molecule has 37 heavy (non-hydrogen) atoms. The highest BCUT2D eigenvalue weighted by Gasteiger charge is 2.07. The first-order chi connectivity index (χ1) is 18.1. The number of pyridine rings is 1. The second-order valence-electron chi connectivity index (χ2n) is 8.67. The van der Waals surface area contributed by atoms with Crippen molar-refractivity contribution in [3.63, 3.8) is 0 Å². The Balaban J connectivity index is 1.33. The van der Waals surface area contributed by atoms with Crippen LogP contribution < -0.4 is 15.8 Å². The molecule has 0 atom stereocenters. The van der Waals surface area contributed by atoms with Crippen molar-refractivity contribution in [3.05, 3.63) is 108 Å². The van der Waals surface area contributed by atoms with E-state index in [-0.39, 0.29) is 5.78 Å². The molecule has 0 amide bonds. The Kier molecular flexibility index (Phi) is 8.60. The van der Waals surface area contributed by atoms with E-state index in [1.165, 1.54) is 5.69 Å². The molecule has 188 valence electrons. The summed E-state index contributed by atoms with van der Waals surface area (Å²) in [5, 5.41) is 8.75. The van der Waals surface area contributed by atoms with Gasteiger partial charge in [-0.3, -0.25) is 9.78 Å². The van der Waals surface area contributed by atoms with Gasteiger partial charge in [-0.05, 0) is 111 Å². The molecule has 7 heteroatoms. The largest absolute Gasteiger partial charge is 0.372 e. The quantitative estimate of drug-likeness (QED) is 0.129. The van der Waals surface area contributed by atoms with E-state index in [1.54, 1.807) is 24.5 Å². The Hall–Kier alpha value is -4.52. The molecule has 0 aliphatic carbocycles.